The number of fused-ring (bicyclic) bond motifs is 1. The van der Waals surface area contributed by atoms with Crippen molar-refractivity contribution >= 4 is 17.0 Å². The van der Waals surface area contributed by atoms with Gasteiger partial charge in [-0.1, -0.05) is 42.5 Å². The molecule has 0 N–H and O–H groups in total. The Morgan fingerprint density at radius 1 is 1.00 bits per heavy atom. The van der Waals surface area contributed by atoms with Gasteiger partial charge in [0.2, 0.25) is 5.91 Å². The van der Waals surface area contributed by atoms with Gasteiger partial charge in [-0.3, -0.25) is 4.79 Å². The van der Waals surface area contributed by atoms with Crippen LogP contribution in [0.5, 0.6) is 0 Å². The lowest BCUT2D eigenvalue weighted by atomic mass is 9.96. The minimum atomic E-state index is 0.144. The number of aromatic nitrogens is 2. The zero-order chi connectivity index (χ0) is 20.3. The summed E-state index contributed by atoms with van der Waals surface area (Å²) in [6.07, 6.45) is 4.38. The molecule has 1 saturated heterocycles. The largest absolute Gasteiger partial charge is 0.441 e. The van der Waals surface area contributed by atoms with Crippen LogP contribution in [0.4, 0.5) is 0 Å². The summed E-state index contributed by atoms with van der Waals surface area (Å²) in [5, 5.41) is 0. The Morgan fingerprint density at radius 3 is 2.57 bits per heavy atom. The van der Waals surface area contributed by atoms with Gasteiger partial charge < -0.3 is 13.7 Å². The number of rotatable bonds is 5. The summed E-state index contributed by atoms with van der Waals surface area (Å²) in [5.74, 6) is 2.53. The minimum Gasteiger partial charge on any atom is -0.441 e. The van der Waals surface area contributed by atoms with E-state index >= 15 is 0 Å². The van der Waals surface area contributed by atoms with E-state index in [0.717, 1.165) is 54.2 Å². The lowest BCUT2D eigenvalue weighted by Gasteiger charge is -2.30. The molecule has 5 rings (SSSR count). The number of para-hydroxylation sites is 2. The third-order valence-electron chi connectivity index (χ3n) is 5.67. The van der Waals surface area contributed by atoms with Crippen molar-refractivity contribution in [2.45, 2.75) is 31.6 Å². The summed E-state index contributed by atoms with van der Waals surface area (Å²) in [6, 6.07) is 17.7. The van der Waals surface area contributed by atoms with Crippen LogP contribution in [-0.2, 0) is 11.2 Å². The van der Waals surface area contributed by atoms with Crippen molar-refractivity contribution < 1.29 is 13.6 Å². The first kappa shape index (κ1) is 18.6. The molecule has 2 aromatic carbocycles. The number of oxazole rings is 2. The number of amides is 1. The molecule has 4 aromatic rings. The van der Waals surface area contributed by atoms with Crippen molar-refractivity contribution in [2.24, 2.45) is 0 Å². The smallest absolute Gasteiger partial charge is 0.223 e. The van der Waals surface area contributed by atoms with Gasteiger partial charge >= 0.3 is 0 Å². The molecule has 0 saturated carbocycles. The maximum atomic E-state index is 12.6. The van der Waals surface area contributed by atoms with E-state index in [1.165, 1.54) is 0 Å². The highest BCUT2D eigenvalue weighted by Gasteiger charge is 2.27. The van der Waals surface area contributed by atoms with Crippen LogP contribution in [0.25, 0.3) is 22.4 Å². The van der Waals surface area contributed by atoms with Crippen molar-refractivity contribution in [1.29, 1.82) is 0 Å². The molecule has 1 aliphatic rings. The van der Waals surface area contributed by atoms with Crippen LogP contribution in [0.15, 0.2) is 69.6 Å². The first-order valence-electron chi connectivity index (χ1n) is 10.4. The fourth-order valence-electron chi connectivity index (χ4n) is 3.97. The first-order chi connectivity index (χ1) is 14.8. The van der Waals surface area contributed by atoms with E-state index < -0.39 is 0 Å². The molecule has 1 fully saturated rings. The number of likely N-dealkylation sites (tertiary alicyclic amines) is 1. The number of benzene rings is 2. The molecule has 0 unspecified atom stereocenters. The second kappa shape index (κ2) is 8.14. The molecule has 30 heavy (non-hydrogen) atoms. The van der Waals surface area contributed by atoms with Gasteiger partial charge in [-0.25, -0.2) is 9.97 Å². The number of aryl methyl sites for hydroxylation is 1. The van der Waals surface area contributed by atoms with Gasteiger partial charge in [-0.05, 0) is 25.0 Å². The van der Waals surface area contributed by atoms with Gasteiger partial charge in [-0.2, -0.15) is 0 Å². The Bertz CT molecular complexity index is 1110. The zero-order valence-electron chi connectivity index (χ0n) is 16.7. The van der Waals surface area contributed by atoms with Gasteiger partial charge in [0, 0.05) is 37.4 Å². The van der Waals surface area contributed by atoms with Gasteiger partial charge in [0.1, 0.15) is 5.52 Å². The van der Waals surface area contributed by atoms with Crippen molar-refractivity contribution in [3.8, 4) is 11.3 Å². The number of nitrogens with zero attached hydrogens (tertiary/aromatic N) is 3. The molecule has 6 heteroatoms. The van der Waals surface area contributed by atoms with Gasteiger partial charge in [0.05, 0.1) is 6.20 Å². The van der Waals surface area contributed by atoms with E-state index in [1.807, 2.05) is 59.5 Å². The summed E-state index contributed by atoms with van der Waals surface area (Å²) < 4.78 is 11.7. The summed E-state index contributed by atoms with van der Waals surface area (Å²) >= 11 is 0. The van der Waals surface area contributed by atoms with E-state index in [1.54, 1.807) is 6.20 Å². The van der Waals surface area contributed by atoms with Crippen LogP contribution < -0.4 is 0 Å². The first-order valence-corrected chi connectivity index (χ1v) is 10.4. The van der Waals surface area contributed by atoms with Crippen LogP contribution in [0.1, 0.15) is 37.0 Å². The monoisotopic (exact) mass is 401 g/mol. The Hall–Kier alpha value is -3.41. The lowest BCUT2D eigenvalue weighted by Crippen LogP contribution is -2.38. The minimum absolute atomic E-state index is 0.144. The Kier molecular flexibility index (Phi) is 5.05. The number of carbonyl (C=O) groups excluding carboxylic acids is 1. The molecular weight excluding hydrogens is 378 g/mol. The topological polar surface area (TPSA) is 72.4 Å². The summed E-state index contributed by atoms with van der Waals surface area (Å²) in [5.41, 5.74) is 2.71. The maximum Gasteiger partial charge on any atom is 0.223 e. The molecule has 152 valence electrons. The average Bonchev–Trinajstić information content (AvgIpc) is 3.45. The average molecular weight is 401 g/mol. The molecular formula is C24H23N3O3. The zero-order valence-corrected chi connectivity index (χ0v) is 16.7. The second-order valence-electron chi connectivity index (χ2n) is 7.66. The summed E-state index contributed by atoms with van der Waals surface area (Å²) in [7, 11) is 0. The van der Waals surface area contributed by atoms with E-state index in [4.69, 9.17) is 8.83 Å². The van der Waals surface area contributed by atoms with E-state index in [2.05, 4.69) is 9.97 Å². The van der Waals surface area contributed by atoms with Gasteiger partial charge in [0.25, 0.3) is 0 Å². The Morgan fingerprint density at radius 2 is 1.77 bits per heavy atom. The Balaban J connectivity index is 1.14. The van der Waals surface area contributed by atoms with Gasteiger partial charge in [0.15, 0.2) is 23.1 Å². The molecule has 0 aliphatic carbocycles. The molecule has 0 atom stereocenters. The summed E-state index contributed by atoms with van der Waals surface area (Å²) in [4.78, 5) is 23.5. The third-order valence-corrected chi connectivity index (χ3v) is 5.67. The fourth-order valence-corrected chi connectivity index (χ4v) is 3.97. The quantitative estimate of drug-likeness (QED) is 0.479. The van der Waals surface area contributed by atoms with E-state index in [0.29, 0.717) is 18.7 Å². The van der Waals surface area contributed by atoms with Crippen LogP contribution in [-0.4, -0.2) is 33.9 Å². The molecule has 0 bridgehead atoms. The van der Waals surface area contributed by atoms with E-state index in [9.17, 15) is 4.79 Å². The second-order valence-corrected chi connectivity index (χ2v) is 7.66. The third kappa shape index (κ3) is 3.85. The highest BCUT2D eigenvalue weighted by Crippen LogP contribution is 2.30. The number of hydrogen-bond acceptors (Lipinski definition) is 5. The molecule has 2 aromatic heterocycles. The van der Waals surface area contributed by atoms with Crippen LogP contribution in [0.2, 0.25) is 0 Å². The molecule has 1 amide bonds. The Labute approximate surface area is 174 Å². The van der Waals surface area contributed by atoms with Crippen LogP contribution in [0.3, 0.4) is 0 Å². The molecule has 1 aliphatic heterocycles. The van der Waals surface area contributed by atoms with Crippen LogP contribution >= 0.6 is 0 Å². The number of hydrogen-bond donors (Lipinski definition) is 0. The maximum absolute atomic E-state index is 12.6. The number of carbonyl (C=O) groups is 1. The molecule has 3 heterocycles. The van der Waals surface area contributed by atoms with Crippen molar-refractivity contribution in [2.75, 3.05) is 13.1 Å². The molecule has 0 spiro atoms. The lowest BCUT2D eigenvalue weighted by molar-refractivity contribution is -0.132. The highest BCUT2D eigenvalue weighted by molar-refractivity contribution is 5.76. The highest BCUT2D eigenvalue weighted by atomic mass is 16.4. The van der Waals surface area contributed by atoms with Crippen molar-refractivity contribution in [3.05, 3.63) is 72.6 Å². The van der Waals surface area contributed by atoms with Crippen LogP contribution in [0, 0.1) is 0 Å². The predicted molar refractivity (Wildman–Crippen MR) is 113 cm³/mol. The van der Waals surface area contributed by atoms with E-state index in [-0.39, 0.29) is 11.8 Å². The molecule has 6 nitrogen and oxygen atoms in total. The summed E-state index contributed by atoms with van der Waals surface area (Å²) in [6.45, 7) is 1.45. The number of piperidine rings is 1. The fraction of sp³-hybridized carbons (Fsp3) is 0.292. The van der Waals surface area contributed by atoms with Crippen molar-refractivity contribution in [3.63, 3.8) is 0 Å². The van der Waals surface area contributed by atoms with Crippen molar-refractivity contribution in [1.82, 2.24) is 14.9 Å². The SMILES string of the molecule is O=C(CCc1ncc(-c2ccccc2)o1)N1CCC(c2nc3ccccc3o2)CC1. The predicted octanol–water partition coefficient (Wildman–Crippen LogP) is 4.82. The normalized spacial score (nSPS) is 15.0. The van der Waals surface area contributed by atoms with Gasteiger partial charge in [-0.15, -0.1) is 0 Å². The molecule has 0 radical (unpaired) electrons. The standard InChI is InChI=1S/C24H23N3O3/c28-23(11-10-22-25-16-21(29-22)17-6-2-1-3-7-17)27-14-12-18(13-15-27)24-26-19-8-4-5-9-20(19)30-24/h1-9,16,18H,10-15H2.